The summed E-state index contributed by atoms with van der Waals surface area (Å²) in [5.74, 6) is 12.1. The summed E-state index contributed by atoms with van der Waals surface area (Å²) in [6.07, 6.45) is 0. The summed E-state index contributed by atoms with van der Waals surface area (Å²) in [4.78, 5) is 0. The molecule has 0 fully saturated rings. The van der Waals surface area contributed by atoms with Gasteiger partial charge in [0, 0.05) is 11.1 Å². The van der Waals surface area contributed by atoms with Gasteiger partial charge in [0.2, 0.25) is 0 Å². The average Bonchev–Trinajstić information content (AvgIpc) is 3.13. The van der Waals surface area contributed by atoms with Crippen LogP contribution >= 0.6 is 17.2 Å². The first kappa shape index (κ1) is 48.0. The Balaban J connectivity index is 1.91. The third-order valence-electron chi connectivity index (χ3n) is 12.0. The van der Waals surface area contributed by atoms with Gasteiger partial charge in [-0.15, -0.1) is 0 Å². The molecule has 0 spiro atoms. The molecule has 2 unspecified atom stereocenters. The van der Waals surface area contributed by atoms with E-state index >= 15 is 0 Å². The maximum atomic E-state index is 3.74. The molecule has 0 N–H and O–H groups in total. The van der Waals surface area contributed by atoms with Crippen molar-refractivity contribution < 1.29 is 0 Å². The van der Waals surface area contributed by atoms with E-state index < -0.39 is 0 Å². The maximum absolute atomic E-state index is 3.74. The molecule has 0 aliphatic heterocycles. The standard InChI is InChI=1S/C56H80P2/c1-31(2)43-27-49(37(13)14)55(50(28-43)38(15)16)57-53-45(33(5)6)23-41(24-46(53)34(7)8)21-22-42-25-47(35(9)10)54(48(26-42)36(11)12)58-56-51(39(17)18)29-44(32(3)4)30-52(56)40(19)20/h23-40,57-58H,1-20H3. The van der Waals surface area contributed by atoms with Crippen LogP contribution in [-0.4, -0.2) is 0 Å². The van der Waals surface area contributed by atoms with Gasteiger partial charge in [0.05, 0.1) is 0 Å². The fourth-order valence-corrected chi connectivity index (χ4v) is 12.8. The van der Waals surface area contributed by atoms with Gasteiger partial charge in [-0.25, -0.2) is 0 Å². The van der Waals surface area contributed by atoms with Crippen LogP contribution in [0.5, 0.6) is 0 Å². The van der Waals surface area contributed by atoms with Crippen molar-refractivity contribution in [2.24, 2.45) is 0 Å². The summed E-state index contributed by atoms with van der Waals surface area (Å²) in [5, 5.41) is 6.21. The molecule has 0 nitrogen and oxygen atoms in total. The van der Waals surface area contributed by atoms with Gasteiger partial charge in [-0.3, -0.25) is 0 Å². The Morgan fingerprint density at radius 1 is 0.259 bits per heavy atom. The van der Waals surface area contributed by atoms with Gasteiger partial charge in [0.1, 0.15) is 0 Å². The monoisotopic (exact) mass is 815 g/mol. The smallest absolute Gasteiger partial charge is 0.0255 e. The second kappa shape index (κ2) is 20.2. The van der Waals surface area contributed by atoms with Crippen LogP contribution in [0.15, 0.2) is 48.5 Å². The lowest BCUT2D eigenvalue weighted by atomic mass is 9.89. The predicted molar refractivity (Wildman–Crippen MR) is 268 cm³/mol. The normalized spacial score (nSPS) is 12.7. The highest BCUT2D eigenvalue weighted by Crippen LogP contribution is 2.37. The number of hydrogen-bond donors (Lipinski definition) is 0. The molecule has 0 aromatic heterocycles. The van der Waals surface area contributed by atoms with Crippen LogP contribution in [0.1, 0.15) is 264 Å². The highest BCUT2D eigenvalue weighted by molar-refractivity contribution is 7.56. The van der Waals surface area contributed by atoms with Crippen molar-refractivity contribution in [3.8, 4) is 11.8 Å². The van der Waals surface area contributed by atoms with E-state index in [1.165, 1.54) is 66.2 Å². The lowest BCUT2D eigenvalue weighted by Crippen LogP contribution is -2.23. The molecule has 0 heterocycles. The lowest BCUT2D eigenvalue weighted by molar-refractivity contribution is 0.813. The minimum atomic E-state index is 0.406. The minimum Gasteiger partial charge on any atom is -0.0616 e. The molecule has 4 aromatic rings. The van der Waals surface area contributed by atoms with Crippen molar-refractivity contribution in [1.29, 1.82) is 0 Å². The topological polar surface area (TPSA) is 0 Å². The van der Waals surface area contributed by atoms with E-state index in [9.17, 15) is 0 Å². The molecule has 0 bridgehead atoms. The summed E-state index contributed by atoms with van der Waals surface area (Å²) in [7, 11) is 1.25. The zero-order valence-electron chi connectivity index (χ0n) is 40.4. The summed E-state index contributed by atoms with van der Waals surface area (Å²) < 4.78 is 0. The molecule has 4 aromatic carbocycles. The fraction of sp³-hybridized carbons (Fsp3) is 0.536. The quantitative estimate of drug-likeness (QED) is 0.0879. The second-order valence-electron chi connectivity index (χ2n) is 20.3. The molecule has 0 aliphatic rings. The summed E-state index contributed by atoms with van der Waals surface area (Å²) >= 11 is 0. The van der Waals surface area contributed by atoms with Crippen molar-refractivity contribution in [3.05, 3.63) is 115 Å². The predicted octanol–water partition coefficient (Wildman–Crippen LogP) is 15.6. The van der Waals surface area contributed by atoms with E-state index in [0.29, 0.717) is 76.3 Å². The first-order valence-corrected chi connectivity index (χ1v) is 24.8. The van der Waals surface area contributed by atoms with Gasteiger partial charge in [-0.05, 0) is 160 Å². The van der Waals surface area contributed by atoms with E-state index in [1.807, 2.05) is 0 Å². The van der Waals surface area contributed by atoms with Gasteiger partial charge in [0.15, 0.2) is 0 Å². The molecular weight excluding hydrogens is 735 g/mol. The van der Waals surface area contributed by atoms with Crippen LogP contribution < -0.4 is 21.2 Å². The van der Waals surface area contributed by atoms with E-state index in [0.717, 1.165) is 11.1 Å². The zero-order valence-corrected chi connectivity index (χ0v) is 42.4. The SMILES string of the molecule is CC(C)c1cc(C(C)C)c(Pc2c(C(C)C)cc(C#Cc3cc(C(C)C)c(Pc4c(C(C)C)cc(C(C)C)cc4C(C)C)c(C(C)C)c3)cc2C(C)C)c(C(C)C)c1. The second-order valence-corrected chi connectivity index (χ2v) is 22.8. The number of hydrogen-bond acceptors (Lipinski definition) is 0. The molecule has 2 heteroatoms. The minimum absolute atomic E-state index is 0.406. The van der Waals surface area contributed by atoms with Crippen molar-refractivity contribution in [2.45, 2.75) is 198 Å². The van der Waals surface area contributed by atoms with Crippen LogP contribution in [0.4, 0.5) is 0 Å². The van der Waals surface area contributed by atoms with Crippen LogP contribution in [0.3, 0.4) is 0 Å². The van der Waals surface area contributed by atoms with Crippen molar-refractivity contribution in [2.75, 3.05) is 0 Å². The first-order chi connectivity index (χ1) is 27.0. The van der Waals surface area contributed by atoms with Crippen molar-refractivity contribution >= 4 is 38.4 Å². The van der Waals surface area contributed by atoms with E-state index in [1.54, 1.807) is 10.6 Å². The summed E-state index contributed by atoms with van der Waals surface area (Å²) in [6.45, 7) is 47.3. The largest absolute Gasteiger partial charge is 0.0616 e. The molecule has 0 saturated carbocycles. The zero-order chi connectivity index (χ0) is 43.5. The summed E-state index contributed by atoms with van der Waals surface area (Å²) in [6, 6.07) is 19.8. The Hall–Kier alpha value is -2.70. The lowest BCUT2D eigenvalue weighted by Gasteiger charge is -2.26. The Labute approximate surface area is 361 Å². The van der Waals surface area contributed by atoms with Gasteiger partial charge < -0.3 is 0 Å². The van der Waals surface area contributed by atoms with Gasteiger partial charge in [-0.1, -0.05) is 192 Å². The summed E-state index contributed by atoms with van der Waals surface area (Å²) in [5.41, 5.74) is 17.2. The molecule has 2 atom stereocenters. The van der Waals surface area contributed by atoms with Gasteiger partial charge >= 0.3 is 0 Å². The highest BCUT2D eigenvalue weighted by Gasteiger charge is 2.24. The molecule has 314 valence electrons. The van der Waals surface area contributed by atoms with Crippen LogP contribution in [-0.2, 0) is 0 Å². The Morgan fingerprint density at radius 3 is 0.586 bits per heavy atom. The van der Waals surface area contributed by atoms with Crippen LogP contribution in [0, 0.1) is 11.8 Å². The number of benzene rings is 4. The van der Waals surface area contributed by atoms with Crippen molar-refractivity contribution in [3.63, 3.8) is 0 Å². The average molecular weight is 815 g/mol. The Morgan fingerprint density at radius 2 is 0.431 bits per heavy atom. The van der Waals surface area contributed by atoms with E-state index in [4.69, 9.17) is 0 Å². The van der Waals surface area contributed by atoms with E-state index in [-0.39, 0.29) is 0 Å². The molecule has 0 saturated heterocycles. The molecule has 4 rings (SSSR count). The van der Waals surface area contributed by atoms with Crippen LogP contribution in [0.25, 0.3) is 0 Å². The first-order valence-electron chi connectivity index (χ1n) is 22.8. The number of rotatable bonds is 14. The van der Waals surface area contributed by atoms with Gasteiger partial charge in [0.25, 0.3) is 0 Å². The van der Waals surface area contributed by atoms with Crippen LogP contribution in [0.2, 0.25) is 0 Å². The molecular formula is C56H80P2. The molecule has 0 radical (unpaired) electrons. The van der Waals surface area contributed by atoms with Gasteiger partial charge in [-0.2, -0.15) is 0 Å². The molecule has 58 heavy (non-hydrogen) atoms. The van der Waals surface area contributed by atoms with Crippen molar-refractivity contribution in [1.82, 2.24) is 0 Å². The molecule has 0 aliphatic carbocycles. The highest BCUT2D eigenvalue weighted by atomic mass is 31.1. The Kier molecular flexibility index (Phi) is 16.7. The van der Waals surface area contributed by atoms with E-state index in [2.05, 4.69) is 199 Å². The fourth-order valence-electron chi connectivity index (χ4n) is 8.22. The third-order valence-corrected chi connectivity index (χ3v) is 15.3. The molecule has 0 amide bonds. The third kappa shape index (κ3) is 11.2. The maximum Gasteiger partial charge on any atom is 0.0255 e. The Bertz CT molecular complexity index is 1840.